The molecule has 6 nitrogen and oxygen atoms in total. The van der Waals surface area contributed by atoms with Crippen LogP contribution in [0.25, 0.3) is 0 Å². The van der Waals surface area contributed by atoms with Crippen LogP contribution in [-0.2, 0) is 20.8 Å². The van der Waals surface area contributed by atoms with Gasteiger partial charge in [-0.05, 0) is 23.6 Å². The first-order valence-electron chi connectivity index (χ1n) is 7.79. The van der Waals surface area contributed by atoms with Crippen molar-refractivity contribution in [2.45, 2.75) is 45.7 Å². The van der Waals surface area contributed by atoms with Crippen LogP contribution in [-0.4, -0.2) is 35.0 Å². The number of carbonyl (C=O) groups excluding carboxylic acids is 2. The summed E-state index contributed by atoms with van der Waals surface area (Å²) in [5.74, 6) is -2.88. The third kappa shape index (κ3) is 5.98. The van der Waals surface area contributed by atoms with Gasteiger partial charge in [0.15, 0.2) is 0 Å². The zero-order valence-electron chi connectivity index (χ0n) is 14.0. The summed E-state index contributed by atoms with van der Waals surface area (Å²) in [6.07, 6.45) is 0.641. The van der Waals surface area contributed by atoms with E-state index >= 15 is 0 Å². The van der Waals surface area contributed by atoms with Crippen LogP contribution in [0.4, 0.5) is 4.39 Å². The molecular formula is C17H23FN2O4. The van der Waals surface area contributed by atoms with Crippen LogP contribution >= 0.6 is 0 Å². The second-order valence-corrected chi connectivity index (χ2v) is 5.80. The molecule has 0 radical (unpaired) electrons. The maximum Gasteiger partial charge on any atom is 0.326 e. The van der Waals surface area contributed by atoms with Crippen molar-refractivity contribution in [3.63, 3.8) is 0 Å². The fourth-order valence-electron chi connectivity index (χ4n) is 2.29. The second-order valence-electron chi connectivity index (χ2n) is 5.80. The topological polar surface area (TPSA) is 95.5 Å². The van der Waals surface area contributed by atoms with Crippen molar-refractivity contribution in [1.82, 2.24) is 10.6 Å². The van der Waals surface area contributed by atoms with Crippen LogP contribution in [0, 0.1) is 11.7 Å². The smallest absolute Gasteiger partial charge is 0.326 e. The van der Waals surface area contributed by atoms with Gasteiger partial charge in [0, 0.05) is 13.3 Å². The van der Waals surface area contributed by atoms with Crippen molar-refractivity contribution < 1.29 is 23.9 Å². The standard InChI is InChI=1S/C17H23FN2O4/c1-4-10(2)15(17(23)24)20-16(22)14(19-11(3)21)9-12-6-5-7-13(18)8-12/h5-8,10,14-15H,4,9H2,1-3H3,(H,19,21)(H,20,22)(H,23,24)/t10-,14-,15-/m1/s1. The molecule has 0 bridgehead atoms. The minimum Gasteiger partial charge on any atom is -0.480 e. The molecule has 0 aliphatic carbocycles. The molecule has 0 fully saturated rings. The quantitative estimate of drug-likeness (QED) is 0.669. The highest BCUT2D eigenvalue weighted by Gasteiger charge is 2.29. The summed E-state index contributed by atoms with van der Waals surface area (Å²) in [5.41, 5.74) is 0.527. The van der Waals surface area contributed by atoms with Gasteiger partial charge < -0.3 is 15.7 Å². The molecule has 0 aromatic heterocycles. The van der Waals surface area contributed by atoms with Crippen LogP contribution < -0.4 is 10.6 Å². The predicted molar refractivity (Wildman–Crippen MR) is 86.7 cm³/mol. The first kappa shape index (κ1) is 19.6. The number of rotatable bonds is 8. The monoisotopic (exact) mass is 338 g/mol. The number of carboxylic acid groups (broad SMARTS) is 1. The molecule has 1 rings (SSSR count). The largest absolute Gasteiger partial charge is 0.480 e. The van der Waals surface area contributed by atoms with Crippen molar-refractivity contribution >= 4 is 17.8 Å². The summed E-state index contributed by atoms with van der Waals surface area (Å²) < 4.78 is 13.3. The van der Waals surface area contributed by atoms with Gasteiger partial charge in [0.1, 0.15) is 17.9 Å². The van der Waals surface area contributed by atoms with Crippen LogP contribution in [0.5, 0.6) is 0 Å². The average molecular weight is 338 g/mol. The first-order chi connectivity index (χ1) is 11.2. The van der Waals surface area contributed by atoms with Crippen molar-refractivity contribution in [3.8, 4) is 0 Å². The highest BCUT2D eigenvalue weighted by Crippen LogP contribution is 2.10. The number of benzene rings is 1. The van der Waals surface area contributed by atoms with E-state index < -0.39 is 35.7 Å². The van der Waals surface area contributed by atoms with Crippen LogP contribution in [0.1, 0.15) is 32.8 Å². The summed E-state index contributed by atoms with van der Waals surface area (Å²) in [6.45, 7) is 4.80. The molecule has 0 aliphatic rings. The van der Waals surface area contributed by atoms with Gasteiger partial charge in [-0.15, -0.1) is 0 Å². The Morgan fingerprint density at radius 1 is 1.25 bits per heavy atom. The number of aliphatic carboxylic acids is 1. The van der Waals surface area contributed by atoms with E-state index in [0.29, 0.717) is 12.0 Å². The SMILES string of the molecule is CC[C@@H](C)[C@@H](NC(=O)[C@@H](Cc1cccc(F)c1)NC(C)=O)C(=O)O. The normalized spacial score (nSPS) is 14.3. The Labute approximate surface area is 140 Å². The van der Waals surface area contributed by atoms with E-state index in [1.807, 2.05) is 6.92 Å². The van der Waals surface area contributed by atoms with Gasteiger partial charge in [-0.2, -0.15) is 0 Å². The molecule has 2 amide bonds. The molecule has 0 unspecified atom stereocenters. The van der Waals surface area contributed by atoms with Crippen LogP contribution in [0.3, 0.4) is 0 Å². The van der Waals surface area contributed by atoms with Gasteiger partial charge in [-0.25, -0.2) is 9.18 Å². The van der Waals surface area contributed by atoms with Crippen molar-refractivity contribution in [3.05, 3.63) is 35.6 Å². The number of hydrogen-bond acceptors (Lipinski definition) is 3. The Bertz CT molecular complexity index is 606. The maximum absolute atomic E-state index is 13.3. The lowest BCUT2D eigenvalue weighted by atomic mass is 9.98. The number of nitrogens with one attached hydrogen (secondary N) is 2. The Hall–Kier alpha value is -2.44. The molecule has 7 heteroatoms. The fourth-order valence-corrected chi connectivity index (χ4v) is 2.29. The molecule has 0 saturated heterocycles. The minimum atomic E-state index is -1.13. The predicted octanol–water partition coefficient (Wildman–Crippen LogP) is 1.49. The zero-order valence-corrected chi connectivity index (χ0v) is 14.0. The summed E-state index contributed by atoms with van der Waals surface area (Å²) in [5, 5.41) is 14.2. The summed E-state index contributed by atoms with van der Waals surface area (Å²) in [4.78, 5) is 35.1. The van der Waals surface area contributed by atoms with E-state index in [0.717, 1.165) is 0 Å². The van der Waals surface area contributed by atoms with Gasteiger partial charge in [-0.1, -0.05) is 32.4 Å². The van der Waals surface area contributed by atoms with Crippen molar-refractivity contribution in [2.75, 3.05) is 0 Å². The first-order valence-corrected chi connectivity index (χ1v) is 7.79. The Balaban J connectivity index is 2.91. The highest BCUT2D eigenvalue weighted by molar-refractivity contribution is 5.90. The number of carbonyl (C=O) groups is 3. The Kier molecular flexibility index (Phi) is 7.35. The second kappa shape index (κ2) is 9.00. The van der Waals surface area contributed by atoms with Gasteiger partial charge in [0.2, 0.25) is 11.8 Å². The molecule has 1 aromatic carbocycles. The van der Waals surface area contributed by atoms with E-state index in [2.05, 4.69) is 10.6 Å². The molecule has 3 N–H and O–H groups in total. The van der Waals surface area contributed by atoms with Gasteiger partial charge in [-0.3, -0.25) is 9.59 Å². The van der Waals surface area contributed by atoms with Crippen LogP contribution in [0.2, 0.25) is 0 Å². The lowest BCUT2D eigenvalue weighted by molar-refractivity contribution is -0.143. The summed E-state index contributed by atoms with van der Waals surface area (Å²) in [6, 6.07) is 3.66. The third-order valence-electron chi connectivity index (χ3n) is 3.80. The lowest BCUT2D eigenvalue weighted by Gasteiger charge is -2.24. The van der Waals surface area contributed by atoms with Gasteiger partial charge in [0.25, 0.3) is 0 Å². The van der Waals surface area contributed by atoms with Gasteiger partial charge in [0.05, 0.1) is 0 Å². The van der Waals surface area contributed by atoms with E-state index in [4.69, 9.17) is 0 Å². The summed E-state index contributed by atoms with van der Waals surface area (Å²) >= 11 is 0. The molecule has 3 atom stereocenters. The molecular weight excluding hydrogens is 315 g/mol. The minimum absolute atomic E-state index is 0.0655. The van der Waals surface area contributed by atoms with E-state index in [1.54, 1.807) is 13.0 Å². The lowest BCUT2D eigenvalue weighted by Crippen LogP contribution is -2.53. The number of halogens is 1. The molecule has 0 saturated carbocycles. The van der Waals surface area contributed by atoms with E-state index in [1.165, 1.54) is 25.1 Å². The number of hydrogen-bond donors (Lipinski definition) is 3. The zero-order chi connectivity index (χ0) is 18.3. The molecule has 0 aliphatic heterocycles. The van der Waals surface area contributed by atoms with Gasteiger partial charge >= 0.3 is 5.97 Å². The maximum atomic E-state index is 13.3. The van der Waals surface area contributed by atoms with Crippen LogP contribution in [0.15, 0.2) is 24.3 Å². The highest BCUT2D eigenvalue weighted by atomic mass is 19.1. The molecule has 24 heavy (non-hydrogen) atoms. The third-order valence-corrected chi connectivity index (χ3v) is 3.80. The van der Waals surface area contributed by atoms with Crippen molar-refractivity contribution in [1.29, 1.82) is 0 Å². The van der Waals surface area contributed by atoms with E-state index in [9.17, 15) is 23.9 Å². The Morgan fingerprint density at radius 3 is 2.42 bits per heavy atom. The van der Waals surface area contributed by atoms with E-state index in [-0.39, 0.29) is 12.3 Å². The Morgan fingerprint density at radius 2 is 1.92 bits per heavy atom. The molecule has 1 aromatic rings. The molecule has 0 heterocycles. The number of amides is 2. The average Bonchev–Trinajstić information content (AvgIpc) is 2.50. The molecule has 0 spiro atoms. The number of carboxylic acids is 1. The fraction of sp³-hybridized carbons (Fsp3) is 0.471. The molecule has 132 valence electrons. The van der Waals surface area contributed by atoms with Crippen molar-refractivity contribution in [2.24, 2.45) is 5.92 Å². The summed E-state index contributed by atoms with van der Waals surface area (Å²) in [7, 11) is 0.